The number of rotatable bonds is 3. The zero-order valence-electron chi connectivity index (χ0n) is 10.4. The van der Waals surface area contributed by atoms with Crippen molar-refractivity contribution in [1.82, 2.24) is 0 Å². The fourth-order valence-electron chi connectivity index (χ4n) is 1.82. The lowest BCUT2D eigenvalue weighted by Crippen LogP contribution is -1.96. The normalized spacial score (nSPS) is 12.1. The molecule has 0 fully saturated rings. The molecule has 0 aliphatic rings. The first-order chi connectivity index (χ1) is 7.63. The van der Waals surface area contributed by atoms with E-state index in [1.54, 1.807) is 7.05 Å². The van der Waals surface area contributed by atoms with Crippen LogP contribution in [0.2, 0.25) is 0 Å². The van der Waals surface area contributed by atoms with Gasteiger partial charge in [-0.2, -0.15) is 0 Å². The Balaban J connectivity index is 3.51. The molecule has 0 aliphatic carbocycles. The van der Waals surface area contributed by atoms with Crippen LogP contribution in [0.3, 0.4) is 0 Å². The molecule has 0 saturated heterocycles. The molecule has 2 nitrogen and oxygen atoms in total. The van der Waals surface area contributed by atoms with Gasteiger partial charge >= 0.3 is 0 Å². The molecule has 0 N–H and O–H groups in total. The second kappa shape index (κ2) is 5.40. The summed E-state index contributed by atoms with van der Waals surface area (Å²) in [4.78, 5) is 8.15. The van der Waals surface area contributed by atoms with E-state index in [0.717, 1.165) is 16.8 Å². The molecule has 2 heteroatoms. The third-order valence-electron chi connectivity index (χ3n) is 2.51. The van der Waals surface area contributed by atoms with Crippen molar-refractivity contribution in [3.05, 3.63) is 40.5 Å². The van der Waals surface area contributed by atoms with E-state index in [-0.39, 0.29) is 0 Å². The molecular weight excluding hydrogens is 196 g/mol. The molecule has 1 aromatic carbocycles. The number of hydrogen-bond acceptors (Lipinski definition) is 2. The first-order valence-corrected chi connectivity index (χ1v) is 5.30. The van der Waals surface area contributed by atoms with Crippen molar-refractivity contribution in [2.24, 2.45) is 9.98 Å². The van der Waals surface area contributed by atoms with Crippen LogP contribution in [0.4, 0.5) is 0 Å². The third kappa shape index (κ3) is 2.45. The van der Waals surface area contributed by atoms with E-state index >= 15 is 0 Å². The van der Waals surface area contributed by atoms with Crippen molar-refractivity contribution in [3.63, 3.8) is 0 Å². The average Bonchev–Trinajstić information content (AvgIpc) is 2.24. The molecule has 0 spiro atoms. The Bertz CT molecular complexity index is 454. The van der Waals surface area contributed by atoms with E-state index in [2.05, 4.69) is 42.7 Å². The van der Waals surface area contributed by atoms with Gasteiger partial charge in [-0.3, -0.25) is 9.98 Å². The van der Waals surface area contributed by atoms with E-state index in [9.17, 15) is 0 Å². The highest BCUT2D eigenvalue weighted by molar-refractivity contribution is 5.90. The topological polar surface area (TPSA) is 24.7 Å². The highest BCUT2D eigenvalue weighted by Crippen LogP contribution is 2.23. The van der Waals surface area contributed by atoms with Crippen molar-refractivity contribution in [3.8, 4) is 0 Å². The molecule has 16 heavy (non-hydrogen) atoms. The van der Waals surface area contributed by atoms with Gasteiger partial charge in [0, 0.05) is 24.4 Å². The predicted octanol–water partition coefficient (Wildman–Crippen LogP) is 3.41. The highest BCUT2D eigenvalue weighted by Gasteiger charge is 2.08. The number of benzene rings is 1. The Morgan fingerprint density at radius 2 is 2.00 bits per heavy atom. The molecule has 1 rings (SSSR count). The summed E-state index contributed by atoms with van der Waals surface area (Å²) in [5, 5.41) is 0. The van der Waals surface area contributed by atoms with Crippen LogP contribution in [0.5, 0.6) is 0 Å². The molecule has 0 amide bonds. The van der Waals surface area contributed by atoms with Crippen molar-refractivity contribution in [1.29, 1.82) is 0 Å². The summed E-state index contributed by atoms with van der Waals surface area (Å²) in [6, 6.07) is 4.27. The van der Waals surface area contributed by atoms with Gasteiger partial charge in [-0.1, -0.05) is 17.7 Å². The Morgan fingerprint density at radius 1 is 1.31 bits per heavy atom. The maximum absolute atomic E-state index is 4.09. The smallest absolute Gasteiger partial charge is 0.0658 e. The van der Waals surface area contributed by atoms with Gasteiger partial charge in [-0.25, -0.2) is 0 Å². The Kier molecular flexibility index (Phi) is 4.18. The molecule has 1 aromatic rings. The lowest BCUT2D eigenvalue weighted by molar-refractivity contribution is 1.33. The van der Waals surface area contributed by atoms with Crippen molar-refractivity contribution >= 4 is 18.6 Å². The lowest BCUT2D eigenvalue weighted by atomic mass is 9.97. The van der Waals surface area contributed by atoms with E-state index in [4.69, 9.17) is 0 Å². The van der Waals surface area contributed by atoms with Crippen LogP contribution < -0.4 is 0 Å². The van der Waals surface area contributed by atoms with Crippen LogP contribution in [0.15, 0.2) is 28.2 Å². The Labute approximate surface area is 97.5 Å². The van der Waals surface area contributed by atoms with Gasteiger partial charge in [-0.15, -0.1) is 0 Å². The van der Waals surface area contributed by atoms with Gasteiger partial charge < -0.3 is 0 Å². The first kappa shape index (κ1) is 12.4. The highest BCUT2D eigenvalue weighted by atomic mass is 14.7. The molecule has 0 aliphatic heterocycles. The van der Waals surface area contributed by atoms with Gasteiger partial charge in [0.2, 0.25) is 0 Å². The average molecular weight is 214 g/mol. The molecule has 0 aromatic heterocycles. The maximum Gasteiger partial charge on any atom is 0.0658 e. The van der Waals surface area contributed by atoms with Crippen LogP contribution >= 0.6 is 0 Å². The van der Waals surface area contributed by atoms with Crippen LogP contribution in [0, 0.1) is 13.8 Å². The summed E-state index contributed by atoms with van der Waals surface area (Å²) >= 11 is 0. The van der Waals surface area contributed by atoms with E-state index in [1.165, 1.54) is 11.1 Å². The summed E-state index contributed by atoms with van der Waals surface area (Å²) in [6.07, 6.45) is 3.84. The number of aliphatic imine (C=N–C) groups is 2. The van der Waals surface area contributed by atoms with E-state index < -0.39 is 0 Å². The zero-order valence-corrected chi connectivity index (χ0v) is 10.4. The molecule has 0 unspecified atom stereocenters. The molecule has 0 heterocycles. The minimum Gasteiger partial charge on any atom is -0.296 e. The molecule has 84 valence electrons. The van der Waals surface area contributed by atoms with Gasteiger partial charge in [0.15, 0.2) is 0 Å². The largest absolute Gasteiger partial charge is 0.296 e. The van der Waals surface area contributed by atoms with Crippen molar-refractivity contribution in [2.75, 3.05) is 7.05 Å². The monoisotopic (exact) mass is 214 g/mol. The zero-order chi connectivity index (χ0) is 12.1. The number of nitrogens with zero attached hydrogens (tertiary/aromatic N) is 2. The summed E-state index contributed by atoms with van der Waals surface area (Å²) in [7, 11) is 1.78. The summed E-state index contributed by atoms with van der Waals surface area (Å²) in [5.41, 5.74) is 5.56. The fraction of sp³-hybridized carbons (Fsp3) is 0.286. The van der Waals surface area contributed by atoms with E-state index in [1.807, 2.05) is 19.2 Å². The Hall–Kier alpha value is -1.70. The summed E-state index contributed by atoms with van der Waals surface area (Å²) < 4.78 is 0. The predicted molar refractivity (Wildman–Crippen MR) is 72.6 cm³/mol. The molecule has 0 atom stereocenters. The first-order valence-electron chi connectivity index (χ1n) is 5.30. The van der Waals surface area contributed by atoms with Crippen LogP contribution in [-0.4, -0.2) is 20.0 Å². The SMILES string of the molecule is C=N/C(=C\C)c1cc(C)cc(C)c1C=NC. The Morgan fingerprint density at radius 3 is 2.50 bits per heavy atom. The van der Waals surface area contributed by atoms with Crippen LogP contribution in [-0.2, 0) is 0 Å². The van der Waals surface area contributed by atoms with Gasteiger partial charge in [0.05, 0.1) is 5.70 Å². The number of allylic oxidation sites excluding steroid dienone is 1. The summed E-state index contributed by atoms with van der Waals surface area (Å²) in [5.74, 6) is 0. The molecular formula is C14H18N2. The second-order valence-electron chi connectivity index (χ2n) is 3.76. The lowest BCUT2D eigenvalue weighted by Gasteiger charge is -2.10. The standard InChI is InChI=1S/C14H18N2/c1-6-14(16-5)12-8-10(2)7-11(3)13(12)9-15-4/h6-9H,5H2,1-4H3/b14-6-,15-9?. The van der Waals surface area contributed by atoms with Gasteiger partial charge in [0.25, 0.3) is 0 Å². The second-order valence-corrected chi connectivity index (χ2v) is 3.76. The van der Waals surface area contributed by atoms with Crippen LogP contribution in [0.1, 0.15) is 29.2 Å². The van der Waals surface area contributed by atoms with Crippen molar-refractivity contribution < 1.29 is 0 Å². The minimum absolute atomic E-state index is 0.904. The summed E-state index contributed by atoms with van der Waals surface area (Å²) in [6.45, 7) is 9.74. The molecule has 0 radical (unpaired) electrons. The van der Waals surface area contributed by atoms with Crippen molar-refractivity contribution in [2.45, 2.75) is 20.8 Å². The minimum atomic E-state index is 0.904. The third-order valence-corrected chi connectivity index (χ3v) is 2.51. The number of aryl methyl sites for hydroxylation is 2. The number of hydrogen-bond donors (Lipinski definition) is 0. The maximum atomic E-state index is 4.09. The van der Waals surface area contributed by atoms with E-state index in [0.29, 0.717) is 0 Å². The fourth-order valence-corrected chi connectivity index (χ4v) is 1.82. The van der Waals surface area contributed by atoms with Gasteiger partial charge in [0.1, 0.15) is 0 Å². The molecule has 0 saturated carbocycles. The van der Waals surface area contributed by atoms with Gasteiger partial charge in [-0.05, 0) is 39.1 Å². The quantitative estimate of drug-likeness (QED) is 0.689. The van der Waals surface area contributed by atoms with Crippen LogP contribution in [0.25, 0.3) is 5.70 Å². The molecule has 0 bridgehead atoms.